The lowest BCUT2D eigenvalue weighted by Gasteiger charge is -2.18. The van der Waals surface area contributed by atoms with E-state index in [1.54, 1.807) is 24.3 Å². The number of phenolic OH excluding ortho intramolecular Hbond substituents is 1. The highest BCUT2D eigenvalue weighted by Crippen LogP contribution is 2.11. The molecule has 0 bridgehead atoms. The van der Waals surface area contributed by atoms with Crippen LogP contribution in [0.2, 0.25) is 0 Å². The molecule has 118 valence electrons. The Labute approximate surface area is 127 Å². The molecule has 21 heavy (non-hydrogen) atoms. The second-order valence-electron chi connectivity index (χ2n) is 6.21. The highest BCUT2D eigenvalue weighted by molar-refractivity contribution is 5.82. The van der Waals surface area contributed by atoms with E-state index < -0.39 is 6.04 Å². The molecule has 1 aromatic carbocycles. The Balaban J connectivity index is 2.34. The van der Waals surface area contributed by atoms with Crippen molar-refractivity contribution in [2.45, 2.75) is 58.5 Å². The second kappa shape index (κ2) is 8.67. The fourth-order valence-corrected chi connectivity index (χ4v) is 2.23. The van der Waals surface area contributed by atoms with E-state index in [1.165, 1.54) is 6.42 Å². The smallest absolute Gasteiger partial charge is 0.237 e. The predicted molar refractivity (Wildman–Crippen MR) is 86.1 cm³/mol. The van der Waals surface area contributed by atoms with Crippen LogP contribution >= 0.6 is 0 Å². The molecule has 4 N–H and O–H groups in total. The maximum Gasteiger partial charge on any atom is 0.237 e. The molecule has 0 aliphatic heterocycles. The van der Waals surface area contributed by atoms with Gasteiger partial charge in [-0.25, -0.2) is 0 Å². The second-order valence-corrected chi connectivity index (χ2v) is 6.21. The van der Waals surface area contributed by atoms with Crippen molar-refractivity contribution in [3.8, 4) is 5.75 Å². The molecule has 0 spiro atoms. The number of rotatable bonds is 8. The van der Waals surface area contributed by atoms with Gasteiger partial charge in [0.15, 0.2) is 0 Å². The standard InChI is InChI=1S/C17H28N2O2/c1-12(2)5-4-6-13(3)19-17(21)16(18)11-14-7-9-15(20)10-8-14/h7-10,12-13,16,20H,4-6,11,18H2,1-3H3,(H,19,21)/t13?,16-/m1/s1. The lowest BCUT2D eigenvalue weighted by atomic mass is 10.0. The van der Waals surface area contributed by atoms with Gasteiger partial charge in [0.05, 0.1) is 6.04 Å². The molecule has 1 unspecified atom stereocenters. The first-order valence-electron chi connectivity index (χ1n) is 7.72. The van der Waals surface area contributed by atoms with Crippen molar-refractivity contribution in [1.82, 2.24) is 5.32 Å². The van der Waals surface area contributed by atoms with Gasteiger partial charge in [0.2, 0.25) is 5.91 Å². The summed E-state index contributed by atoms with van der Waals surface area (Å²) in [5, 5.41) is 12.2. The highest BCUT2D eigenvalue weighted by Gasteiger charge is 2.16. The van der Waals surface area contributed by atoms with Gasteiger partial charge in [-0.3, -0.25) is 4.79 Å². The molecular formula is C17H28N2O2. The molecule has 0 heterocycles. The number of carbonyl (C=O) groups is 1. The number of carbonyl (C=O) groups excluding carboxylic acids is 1. The Kier molecular flexibility index (Phi) is 7.23. The minimum Gasteiger partial charge on any atom is -0.508 e. The number of phenols is 1. The molecule has 1 rings (SSSR count). The molecule has 0 fully saturated rings. The van der Waals surface area contributed by atoms with Crippen LogP contribution in [0.25, 0.3) is 0 Å². The number of amides is 1. The van der Waals surface area contributed by atoms with Crippen molar-refractivity contribution in [3.63, 3.8) is 0 Å². The molecule has 4 heteroatoms. The third-order valence-corrected chi connectivity index (χ3v) is 3.54. The zero-order valence-electron chi connectivity index (χ0n) is 13.3. The first kappa shape index (κ1) is 17.5. The predicted octanol–water partition coefficient (Wildman–Crippen LogP) is 2.59. The van der Waals surface area contributed by atoms with E-state index in [4.69, 9.17) is 5.73 Å². The molecule has 2 atom stereocenters. The van der Waals surface area contributed by atoms with Gasteiger partial charge >= 0.3 is 0 Å². The Morgan fingerprint density at radius 2 is 1.81 bits per heavy atom. The normalized spacial score (nSPS) is 14.0. The monoisotopic (exact) mass is 292 g/mol. The fraction of sp³-hybridized carbons (Fsp3) is 0.588. The summed E-state index contributed by atoms with van der Waals surface area (Å²) in [5.41, 5.74) is 6.89. The van der Waals surface area contributed by atoms with E-state index in [0.717, 1.165) is 18.4 Å². The largest absolute Gasteiger partial charge is 0.508 e. The number of aromatic hydroxyl groups is 1. The molecule has 0 saturated carbocycles. The third kappa shape index (κ3) is 7.14. The summed E-state index contributed by atoms with van der Waals surface area (Å²) in [6.45, 7) is 6.43. The highest BCUT2D eigenvalue weighted by atomic mass is 16.3. The van der Waals surface area contributed by atoms with Crippen molar-refractivity contribution >= 4 is 5.91 Å². The van der Waals surface area contributed by atoms with Gasteiger partial charge in [-0.15, -0.1) is 0 Å². The molecule has 0 aliphatic carbocycles. The summed E-state index contributed by atoms with van der Waals surface area (Å²) in [5.74, 6) is 0.806. The first-order valence-corrected chi connectivity index (χ1v) is 7.72. The first-order chi connectivity index (χ1) is 9.88. The summed E-state index contributed by atoms with van der Waals surface area (Å²) < 4.78 is 0. The van der Waals surface area contributed by atoms with E-state index in [0.29, 0.717) is 12.3 Å². The van der Waals surface area contributed by atoms with Crippen LogP contribution in [0.15, 0.2) is 24.3 Å². The van der Waals surface area contributed by atoms with Gasteiger partial charge in [-0.2, -0.15) is 0 Å². The van der Waals surface area contributed by atoms with Gasteiger partial charge in [0.1, 0.15) is 5.75 Å². The molecule has 0 saturated heterocycles. The van der Waals surface area contributed by atoms with Gasteiger partial charge in [0, 0.05) is 6.04 Å². The van der Waals surface area contributed by atoms with Gasteiger partial charge in [-0.05, 0) is 43.4 Å². The Hall–Kier alpha value is -1.55. The van der Waals surface area contributed by atoms with Crippen LogP contribution in [-0.4, -0.2) is 23.1 Å². The third-order valence-electron chi connectivity index (χ3n) is 3.54. The number of hydrogen-bond acceptors (Lipinski definition) is 3. The Morgan fingerprint density at radius 3 is 2.38 bits per heavy atom. The van der Waals surface area contributed by atoms with Crippen molar-refractivity contribution in [1.29, 1.82) is 0 Å². The van der Waals surface area contributed by atoms with Crippen molar-refractivity contribution in [2.24, 2.45) is 11.7 Å². The number of nitrogens with one attached hydrogen (secondary N) is 1. The average molecular weight is 292 g/mol. The minimum absolute atomic E-state index is 0.111. The fourth-order valence-electron chi connectivity index (χ4n) is 2.23. The summed E-state index contributed by atoms with van der Waals surface area (Å²) >= 11 is 0. The van der Waals surface area contributed by atoms with Crippen LogP contribution in [0.5, 0.6) is 5.75 Å². The molecule has 1 amide bonds. The van der Waals surface area contributed by atoms with Crippen LogP contribution in [0.4, 0.5) is 0 Å². The van der Waals surface area contributed by atoms with Gasteiger partial charge in [0.25, 0.3) is 0 Å². The van der Waals surface area contributed by atoms with Crippen LogP contribution in [-0.2, 0) is 11.2 Å². The quantitative estimate of drug-likeness (QED) is 0.689. The zero-order valence-corrected chi connectivity index (χ0v) is 13.3. The molecule has 4 nitrogen and oxygen atoms in total. The number of benzene rings is 1. The van der Waals surface area contributed by atoms with Gasteiger partial charge in [-0.1, -0.05) is 38.8 Å². The maximum atomic E-state index is 12.0. The number of hydrogen-bond donors (Lipinski definition) is 3. The molecular weight excluding hydrogens is 264 g/mol. The topological polar surface area (TPSA) is 75.4 Å². The van der Waals surface area contributed by atoms with Crippen molar-refractivity contribution in [3.05, 3.63) is 29.8 Å². The minimum atomic E-state index is -0.554. The van der Waals surface area contributed by atoms with E-state index in [2.05, 4.69) is 19.2 Å². The van der Waals surface area contributed by atoms with E-state index in [9.17, 15) is 9.90 Å². The molecule has 0 radical (unpaired) electrons. The van der Waals surface area contributed by atoms with Crippen molar-refractivity contribution in [2.75, 3.05) is 0 Å². The van der Waals surface area contributed by atoms with E-state index in [-0.39, 0.29) is 17.7 Å². The summed E-state index contributed by atoms with van der Waals surface area (Å²) in [6.07, 6.45) is 3.76. The molecule has 0 aliphatic rings. The van der Waals surface area contributed by atoms with Crippen LogP contribution in [0, 0.1) is 5.92 Å². The lowest BCUT2D eigenvalue weighted by molar-refractivity contribution is -0.123. The summed E-state index contributed by atoms with van der Waals surface area (Å²) in [7, 11) is 0. The Morgan fingerprint density at radius 1 is 1.19 bits per heavy atom. The maximum absolute atomic E-state index is 12.0. The van der Waals surface area contributed by atoms with E-state index in [1.807, 2.05) is 6.92 Å². The van der Waals surface area contributed by atoms with Crippen molar-refractivity contribution < 1.29 is 9.90 Å². The summed E-state index contributed by atoms with van der Waals surface area (Å²) in [4.78, 5) is 12.0. The number of nitrogens with two attached hydrogens (primary N) is 1. The van der Waals surface area contributed by atoms with Gasteiger partial charge < -0.3 is 16.2 Å². The molecule has 1 aromatic rings. The van der Waals surface area contributed by atoms with Crippen LogP contribution in [0.3, 0.4) is 0 Å². The summed E-state index contributed by atoms with van der Waals surface area (Å²) in [6, 6.07) is 6.38. The SMILES string of the molecule is CC(C)CCCC(C)NC(=O)[C@H](N)Cc1ccc(O)cc1. The van der Waals surface area contributed by atoms with E-state index >= 15 is 0 Å². The zero-order chi connectivity index (χ0) is 15.8. The Bertz CT molecular complexity index is 429. The average Bonchev–Trinajstić information content (AvgIpc) is 2.40. The molecule has 0 aromatic heterocycles. The van der Waals surface area contributed by atoms with Crippen LogP contribution in [0.1, 0.15) is 45.6 Å². The lowest BCUT2D eigenvalue weighted by Crippen LogP contribution is -2.45. The van der Waals surface area contributed by atoms with Crippen LogP contribution < -0.4 is 11.1 Å².